The van der Waals surface area contributed by atoms with Gasteiger partial charge in [-0.2, -0.15) is 0 Å². The van der Waals surface area contributed by atoms with Crippen molar-refractivity contribution in [3.63, 3.8) is 0 Å². The Labute approximate surface area is 197 Å². The number of phenols is 1. The summed E-state index contributed by atoms with van der Waals surface area (Å²) >= 11 is 1.43. The predicted molar refractivity (Wildman–Crippen MR) is 131 cm³/mol. The molecule has 8 N–H and O–H groups in total. The van der Waals surface area contributed by atoms with E-state index >= 15 is 0 Å². The summed E-state index contributed by atoms with van der Waals surface area (Å²) in [6.07, 6.45) is 3.11. The van der Waals surface area contributed by atoms with E-state index in [9.17, 15) is 9.90 Å². The summed E-state index contributed by atoms with van der Waals surface area (Å²) in [5, 5.41) is 18.9. The van der Waals surface area contributed by atoms with Crippen LogP contribution in [-0.4, -0.2) is 21.7 Å². The summed E-state index contributed by atoms with van der Waals surface area (Å²) in [7, 11) is 0. The number of nitrogens with two attached hydrogens (primary N) is 3. The van der Waals surface area contributed by atoms with Crippen LogP contribution in [0.25, 0.3) is 0 Å². The molecule has 0 radical (unpaired) electrons. The molecule has 0 amide bonds. The quantitative estimate of drug-likeness (QED) is 0.104. The molecule has 1 aromatic heterocycles. The zero-order chi connectivity index (χ0) is 24.4. The number of aromatic hydroxyl groups is 1. The van der Waals surface area contributed by atoms with E-state index < -0.39 is 0 Å². The minimum atomic E-state index is -0.175. The van der Waals surface area contributed by atoms with E-state index in [0.29, 0.717) is 40.5 Å². The van der Waals surface area contributed by atoms with E-state index in [4.69, 9.17) is 15.9 Å². The van der Waals surface area contributed by atoms with Gasteiger partial charge in [0.1, 0.15) is 29.0 Å². The third-order valence-electron chi connectivity index (χ3n) is 4.69. The van der Waals surface area contributed by atoms with Gasteiger partial charge in [-0.05, 0) is 55.3 Å². The van der Waals surface area contributed by atoms with Gasteiger partial charge in [-0.1, -0.05) is 37.2 Å². The molecule has 8 nitrogen and oxygen atoms in total. The molecule has 0 atom stereocenters. The van der Waals surface area contributed by atoms with Crippen molar-refractivity contribution < 1.29 is 14.6 Å². The number of hydrogen-bond donors (Lipinski definition) is 5. The Hall–Kier alpha value is -3.40. The Bertz CT molecular complexity index is 1120. The number of carbonyl (C=O) groups excluding carboxylic acids is 1. The minimum Gasteiger partial charge on any atom is -0.507 e. The number of phenolic OH excluding ortho intramolecular Hbond substituents is 1. The van der Waals surface area contributed by atoms with Crippen molar-refractivity contribution in [3.05, 3.63) is 77.0 Å². The normalized spacial score (nSPS) is 10.2. The predicted octanol–water partition coefficient (Wildman–Crippen LogP) is 3.78. The van der Waals surface area contributed by atoms with Crippen LogP contribution in [-0.2, 0) is 13.0 Å². The van der Waals surface area contributed by atoms with Gasteiger partial charge in [-0.15, -0.1) is 0 Å². The van der Waals surface area contributed by atoms with Crippen molar-refractivity contribution in [2.45, 2.75) is 43.2 Å². The maximum atomic E-state index is 11.7. The van der Waals surface area contributed by atoms with Gasteiger partial charge in [0.2, 0.25) is 0 Å². The smallest absolute Gasteiger partial charge is 0.163 e. The van der Waals surface area contributed by atoms with E-state index in [0.717, 1.165) is 16.9 Å². The number of aromatic nitrogens is 1. The Balaban J connectivity index is 0.00000187. The number of hydrazine groups is 1. The molecule has 0 unspecified atom stereocenters. The molecule has 174 valence electrons. The molecule has 2 aromatic carbocycles. The molecular formula is C24H29N5O3S. The van der Waals surface area contributed by atoms with Crippen molar-refractivity contribution in [2.24, 2.45) is 17.4 Å². The zero-order valence-corrected chi connectivity index (χ0v) is 19.5. The number of benzene rings is 2. The average Bonchev–Trinajstić information content (AvgIpc) is 2.81. The fourth-order valence-corrected chi connectivity index (χ4v) is 4.16. The van der Waals surface area contributed by atoms with Crippen LogP contribution in [0.4, 0.5) is 0 Å². The second kappa shape index (κ2) is 12.6. The standard InChI is InChI=1S/C24H25N3O3S.H4N2/c1-3-6-19-21(11-10-18(15(2)28)22(19)29)30-14-16-7-4-8-17(13-16)31-24-20(23(25)26)9-5-12-27-24;1-2/h4-5,7-13,29H,3,6,14H2,1-2H3,(H3,25,26);1-2H2. The monoisotopic (exact) mass is 467 g/mol. The van der Waals surface area contributed by atoms with Crippen molar-refractivity contribution in [2.75, 3.05) is 0 Å². The van der Waals surface area contributed by atoms with Crippen LogP contribution < -0.4 is 22.2 Å². The van der Waals surface area contributed by atoms with Crippen LogP contribution in [0.15, 0.2) is 64.6 Å². The van der Waals surface area contributed by atoms with Crippen LogP contribution in [0, 0.1) is 5.41 Å². The Morgan fingerprint density at radius 2 is 1.91 bits per heavy atom. The van der Waals surface area contributed by atoms with Crippen LogP contribution in [0.5, 0.6) is 11.5 Å². The van der Waals surface area contributed by atoms with E-state index in [1.54, 1.807) is 30.5 Å². The fraction of sp³-hybridized carbons (Fsp3) is 0.208. The molecule has 3 aromatic rings. The molecule has 0 saturated heterocycles. The maximum Gasteiger partial charge on any atom is 0.163 e. The van der Waals surface area contributed by atoms with Gasteiger partial charge >= 0.3 is 0 Å². The van der Waals surface area contributed by atoms with Gasteiger partial charge < -0.3 is 15.6 Å². The summed E-state index contributed by atoms with van der Waals surface area (Å²) in [6, 6.07) is 14.7. The molecule has 0 aliphatic carbocycles. The first kappa shape index (κ1) is 25.9. The maximum absolute atomic E-state index is 11.7. The second-order valence-corrected chi connectivity index (χ2v) is 8.11. The first-order valence-electron chi connectivity index (χ1n) is 10.3. The first-order chi connectivity index (χ1) is 15.9. The topological polar surface area (TPSA) is 161 Å². The summed E-state index contributed by atoms with van der Waals surface area (Å²) in [5.74, 6) is 8.38. The molecular weight excluding hydrogens is 438 g/mol. The number of rotatable bonds is 9. The second-order valence-electron chi connectivity index (χ2n) is 7.05. The van der Waals surface area contributed by atoms with Gasteiger partial charge in [0.05, 0.1) is 5.56 Å². The number of carbonyl (C=O) groups is 1. The SMILES string of the molecule is CCCc1c(OCc2cccc(Sc3ncccc3C(=N)N)c2)ccc(C(C)=O)c1O.NN. The highest BCUT2D eigenvalue weighted by atomic mass is 32.2. The van der Waals surface area contributed by atoms with Crippen molar-refractivity contribution in [3.8, 4) is 11.5 Å². The summed E-state index contributed by atoms with van der Waals surface area (Å²) in [4.78, 5) is 17.0. The Morgan fingerprint density at radius 1 is 1.15 bits per heavy atom. The van der Waals surface area contributed by atoms with Crippen LogP contribution in [0.3, 0.4) is 0 Å². The molecule has 0 aliphatic rings. The number of Topliss-reactive ketones (excluding diaryl/α,β-unsaturated/α-hetero) is 1. The largest absolute Gasteiger partial charge is 0.507 e. The van der Waals surface area contributed by atoms with E-state index in [1.165, 1.54) is 18.7 Å². The number of nitrogen functional groups attached to an aromatic ring is 1. The first-order valence-corrected chi connectivity index (χ1v) is 11.1. The highest BCUT2D eigenvalue weighted by Gasteiger charge is 2.16. The molecule has 1 heterocycles. The van der Waals surface area contributed by atoms with Crippen LogP contribution in [0.1, 0.15) is 47.3 Å². The summed E-state index contributed by atoms with van der Waals surface area (Å²) in [6.45, 7) is 3.76. The summed E-state index contributed by atoms with van der Waals surface area (Å²) < 4.78 is 6.01. The van der Waals surface area contributed by atoms with Crippen molar-refractivity contribution >= 4 is 23.4 Å². The molecule has 3 rings (SSSR count). The van der Waals surface area contributed by atoms with Crippen LogP contribution in [0.2, 0.25) is 0 Å². The lowest BCUT2D eigenvalue weighted by molar-refractivity contribution is 0.101. The van der Waals surface area contributed by atoms with E-state index in [-0.39, 0.29) is 17.4 Å². The molecule has 0 bridgehead atoms. The summed E-state index contributed by atoms with van der Waals surface area (Å²) in [5.41, 5.74) is 8.17. The van der Waals surface area contributed by atoms with Crippen LogP contribution >= 0.6 is 11.8 Å². The number of amidine groups is 1. The Morgan fingerprint density at radius 3 is 2.58 bits per heavy atom. The van der Waals surface area contributed by atoms with Gasteiger partial charge in [-0.3, -0.25) is 21.9 Å². The van der Waals surface area contributed by atoms with Crippen molar-refractivity contribution in [1.29, 1.82) is 5.41 Å². The van der Waals surface area contributed by atoms with E-state index in [2.05, 4.69) is 16.7 Å². The third kappa shape index (κ3) is 6.79. The van der Waals surface area contributed by atoms with Gasteiger partial charge in [0.25, 0.3) is 0 Å². The number of pyridine rings is 1. The Kier molecular flexibility index (Phi) is 9.86. The lowest BCUT2D eigenvalue weighted by atomic mass is 10.0. The molecule has 0 spiro atoms. The molecule has 0 fully saturated rings. The number of ketones is 1. The van der Waals surface area contributed by atoms with Crippen molar-refractivity contribution in [1.82, 2.24) is 4.98 Å². The lowest BCUT2D eigenvalue weighted by Crippen LogP contribution is -2.12. The van der Waals surface area contributed by atoms with E-state index in [1.807, 2.05) is 31.2 Å². The highest BCUT2D eigenvalue weighted by Crippen LogP contribution is 2.34. The number of nitrogens with zero attached hydrogens (tertiary/aromatic N) is 1. The average molecular weight is 468 g/mol. The van der Waals surface area contributed by atoms with Gasteiger partial charge in [-0.25, -0.2) is 4.98 Å². The molecule has 9 heteroatoms. The zero-order valence-electron chi connectivity index (χ0n) is 18.7. The fourth-order valence-electron chi connectivity index (χ4n) is 3.18. The number of nitrogens with one attached hydrogen (secondary N) is 1. The number of ether oxygens (including phenoxy) is 1. The molecule has 0 aliphatic heterocycles. The van der Waals surface area contributed by atoms with Gasteiger partial charge in [0.15, 0.2) is 5.78 Å². The van der Waals surface area contributed by atoms with Gasteiger partial charge in [0, 0.05) is 22.2 Å². The lowest BCUT2D eigenvalue weighted by Gasteiger charge is -2.15. The minimum absolute atomic E-state index is 0.00284. The highest BCUT2D eigenvalue weighted by molar-refractivity contribution is 7.99. The molecule has 0 saturated carbocycles. The molecule has 33 heavy (non-hydrogen) atoms. The number of hydrogen-bond acceptors (Lipinski definition) is 8. The third-order valence-corrected chi connectivity index (χ3v) is 5.70.